The van der Waals surface area contributed by atoms with Gasteiger partial charge in [0.1, 0.15) is 5.75 Å². The number of fused-ring (bicyclic) bond motifs is 1. The van der Waals surface area contributed by atoms with Gasteiger partial charge in [0, 0.05) is 19.0 Å². The lowest BCUT2D eigenvalue weighted by molar-refractivity contribution is 0.322. The molecule has 23 heavy (non-hydrogen) atoms. The Morgan fingerprint density at radius 1 is 0.957 bits per heavy atom. The van der Waals surface area contributed by atoms with Crippen LogP contribution in [0, 0.1) is 0 Å². The smallest absolute Gasteiger partial charge is 0.128 e. The Hall–Kier alpha value is -2.81. The van der Waals surface area contributed by atoms with E-state index < -0.39 is 0 Å². The molecule has 1 N–H and O–H groups in total. The molecule has 0 saturated heterocycles. The zero-order valence-corrected chi connectivity index (χ0v) is 13.2. The fraction of sp³-hybridized carbons (Fsp3) is 0.150. The highest BCUT2D eigenvalue weighted by molar-refractivity contribution is 6.02. The molecule has 3 rings (SSSR count). The molecule has 0 heterocycles. The summed E-state index contributed by atoms with van der Waals surface area (Å²) in [6, 6.07) is 22.7. The van der Waals surface area contributed by atoms with Crippen LogP contribution in [0.4, 0.5) is 0 Å². The van der Waals surface area contributed by atoms with Gasteiger partial charge in [0.05, 0.1) is 12.8 Å². The number of benzene rings is 3. The number of ether oxygens (including phenoxy) is 1. The zero-order chi connectivity index (χ0) is 15.9. The lowest BCUT2D eigenvalue weighted by Gasteiger charge is -2.12. The van der Waals surface area contributed by atoms with E-state index in [4.69, 9.17) is 4.74 Å². The lowest BCUT2D eigenvalue weighted by atomic mass is 10.0. The SMILES string of the molecule is CN/N=C/c1c(OCCc2ccccc2)ccc2ccccc12. The topological polar surface area (TPSA) is 33.6 Å². The molecule has 0 fully saturated rings. The van der Waals surface area contributed by atoms with Crippen LogP contribution in [0.2, 0.25) is 0 Å². The van der Waals surface area contributed by atoms with Gasteiger partial charge in [-0.25, -0.2) is 0 Å². The van der Waals surface area contributed by atoms with E-state index in [1.54, 1.807) is 7.05 Å². The van der Waals surface area contributed by atoms with Crippen LogP contribution in [-0.4, -0.2) is 19.9 Å². The van der Waals surface area contributed by atoms with Crippen LogP contribution in [0.5, 0.6) is 5.75 Å². The third kappa shape index (κ3) is 3.69. The maximum Gasteiger partial charge on any atom is 0.128 e. The van der Waals surface area contributed by atoms with Crippen LogP contribution < -0.4 is 10.2 Å². The number of hydrogen-bond donors (Lipinski definition) is 1. The van der Waals surface area contributed by atoms with E-state index in [1.807, 2.05) is 30.5 Å². The van der Waals surface area contributed by atoms with Crippen molar-refractivity contribution >= 4 is 17.0 Å². The molecular formula is C20H20N2O. The van der Waals surface area contributed by atoms with Gasteiger partial charge in [0.25, 0.3) is 0 Å². The lowest BCUT2D eigenvalue weighted by Crippen LogP contribution is -2.04. The fourth-order valence-electron chi connectivity index (χ4n) is 2.59. The Labute approximate surface area is 136 Å². The van der Waals surface area contributed by atoms with Gasteiger partial charge in [0.15, 0.2) is 0 Å². The van der Waals surface area contributed by atoms with Crippen molar-refractivity contribution in [2.75, 3.05) is 13.7 Å². The minimum atomic E-state index is 0.642. The first kappa shape index (κ1) is 15.1. The molecule has 0 aliphatic heterocycles. The standard InChI is InChI=1S/C20H20N2O/c1-21-22-15-19-18-10-6-5-9-17(18)11-12-20(19)23-14-13-16-7-3-2-4-8-16/h2-12,15,21H,13-14H2,1H3/b22-15+. The molecule has 0 radical (unpaired) electrons. The number of hydrogen-bond acceptors (Lipinski definition) is 3. The third-order valence-corrected chi connectivity index (χ3v) is 3.74. The Balaban J connectivity index is 1.83. The van der Waals surface area contributed by atoms with Crippen molar-refractivity contribution in [3.8, 4) is 5.75 Å². The Morgan fingerprint density at radius 2 is 1.74 bits per heavy atom. The van der Waals surface area contributed by atoms with E-state index in [2.05, 4.69) is 53.0 Å². The van der Waals surface area contributed by atoms with E-state index in [9.17, 15) is 0 Å². The first-order valence-electron chi connectivity index (χ1n) is 7.77. The molecule has 0 aliphatic carbocycles. The summed E-state index contributed by atoms with van der Waals surface area (Å²) < 4.78 is 6.03. The van der Waals surface area contributed by atoms with Crippen molar-refractivity contribution in [2.24, 2.45) is 5.10 Å². The van der Waals surface area contributed by atoms with Crippen LogP contribution in [0.15, 0.2) is 71.8 Å². The van der Waals surface area contributed by atoms with Crippen LogP contribution in [0.25, 0.3) is 10.8 Å². The van der Waals surface area contributed by atoms with Crippen LogP contribution >= 0.6 is 0 Å². The highest BCUT2D eigenvalue weighted by Gasteiger charge is 2.07. The van der Waals surface area contributed by atoms with E-state index in [0.717, 1.165) is 23.1 Å². The second-order valence-electron chi connectivity index (χ2n) is 5.26. The van der Waals surface area contributed by atoms with E-state index >= 15 is 0 Å². The quantitative estimate of drug-likeness (QED) is 0.551. The van der Waals surface area contributed by atoms with E-state index in [1.165, 1.54) is 10.9 Å². The molecule has 0 unspecified atom stereocenters. The third-order valence-electron chi connectivity index (χ3n) is 3.74. The Kier molecular flexibility index (Phi) is 4.89. The van der Waals surface area contributed by atoms with Gasteiger partial charge in [-0.3, -0.25) is 0 Å². The van der Waals surface area contributed by atoms with Gasteiger partial charge in [-0.1, -0.05) is 60.7 Å². The minimum absolute atomic E-state index is 0.642. The molecule has 0 aliphatic rings. The van der Waals surface area contributed by atoms with Crippen molar-refractivity contribution in [3.05, 3.63) is 77.9 Å². The molecule has 0 bridgehead atoms. The number of nitrogens with zero attached hydrogens (tertiary/aromatic N) is 1. The average molecular weight is 304 g/mol. The van der Waals surface area contributed by atoms with Gasteiger partial charge in [0.2, 0.25) is 0 Å². The average Bonchev–Trinajstić information content (AvgIpc) is 2.61. The van der Waals surface area contributed by atoms with E-state index in [-0.39, 0.29) is 0 Å². The largest absolute Gasteiger partial charge is 0.493 e. The van der Waals surface area contributed by atoms with Crippen molar-refractivity contribution in [2.45, 2.75) is 6.42 Å². The summed E-state index contributed by atoms with van der Waals surface area (Å²) in [6.07, 6.45) is 2.70. The van der Waals surface area contributed by atoms with Gasteiger partial charge < -0.3 is 10.2 Å². The number of hydrazone groups is 1. The van der Waals surface area contributed by atoms with Gasteiger partial charge >= 0.3 is 0 Å². The first-order chi connectivity index (χ1) is 11.4. The molecular weight excluding hydrogens is 284 g/mol. The molecule has 116 valence electrons. The number of nitrogens with one attached hydrogen (secondary N) is 1. The Bertz CT molecular complexity index is 797. The molecule has 3 heteroatoms. The van der Waals surface area contributed by atoms with Gasteiger partial charge in [-0.15, -0.1) is 0 Å². The predicted molar refractivity (Wildman–Crippen MR) is 96.2 cm³/mol. The van der Waals surface area contributed by atoms with Crippen molar-refractivity contribution in [1.82, 2.24) is 5.43 Å². The summed E-state index contributed by atoms with van der Waals surface area (Å²) in [5.41, 5.74) is 5.09. The molecule has 0 aromatic heterocycles. The van der Waals surface area contributed by atoms with Crippen molar-refractivity contribution in [3.63, 3.8) is 0 Å². The summed E-state index contributed by atoms with van der Waals surface area (Å²) >= 11 is 0. The second-order valence-corrected chi connectivity index (χ2v) is 5.26. The van der Waals surface area contributed by atoms with Crippen LogP contribution in [-0.2, 0) is 6.42 Å². The number of rotatable bonds is 6. The molecule has 0 atom stereocenters. The first-order valence-corrected chi connectivity index (χ1v) is 7.77. The summed E-state index contributed by atoms with van der Waals surface area (Å²) in [7, 11) is 1.79. The highest BCUT2D eigenvalue weighted by atomic mass is 16.5. The molecule has 3 nitrogen and oxygen atoms in total. The normalized spacial score (nSPS) is 11.0. The van der Waals surface area contributed by atoms with Crippen LogP contribution in [0.3, 0.4) is 0 Å². The summed E-state index contributed by atoms with van der Waals surface area (Å²) in [5, 5.41) is 6.49. The molecule has 0 amide bonds. The van der Waals surface area contributed by atoms with Crippen molar-refractivity contribution < 1.29 is 4.74 Å². The minimum Gasteiger partial charge on any atom is -0.493 e. The molecule has 0 saturated carbocycles. The highest BCUT2D eigenvalue weighted by Crippen LogP contribution is 2.26. The van der Waals surface area contributed by atoms with Crippen LogP contribution in [0.1, 0.15) is 11.1 Å². The summed E-state index contributed by atoms with van der Waals surface area (Å²) in [5.74, 6) is 0.860. The fourth-order valence-corrected chi connectivity index (χ4v) is 2.59. The maximum atomic E-state index is 6.03. The van der Waals surface area contributed by atoms with E-state index in [0.29, 0.717) is 6.61 Å². The van der Waals surface area contributed by atoms with Gasteiger partial charge in [-0.2, -0.15) is 5.10 Å². The summed E-state index contributed by atoms with van der Waals surface area (Å²) in [4.78, 5) is 0. The predicted octanol–water partition coefficient (Wildman–Crippen LogP) is 4.01. The molecule has 0 spiro atoms. The molecule has 3 aromatic rings. The zero-order valence-electron chi connectivity index (χ0n) is 13.2. The Morgan fingerprint density at radius 3 is 2.57 bits per heavy atom. The summed E-state index contributed by atoms with van der Waals surface area (Å²) in [6.45, 7) is 0.642. The van der Waals surface area contributed by atoms with Gasteiger partial charge in [-0.05, 0) is 22.4 Å². The monoisotopic (exact) mass is 304 g/mol. The second kappa shape index (κ2) is 7.45. The molecule has 3 aromatic carbocycles. The van der Waals surface area contributed by atoms with Crippen molar-refractivity contribution in [1.29, 1.82) is 0 Å². The maximum absolute atomic E-state index is 6.03.